The van der Waals surface area contributed by atoms with Crippen molar-refractivity contribution in [2.24, 2.45) is 0 Å². The lowest BCUT2D eigenvalue weighted by molar-refractivity contribution is 0.189. The Kier molecular flexibility index (Phi) is 4.72. The maximum Gasteiger partial charge on any atom is 0.0992 e. The number of aromatic nitrogens is 2. The fourth-order valence-electron chi connectivity index (χ4n) is 1.83. The first-order valence-corrected chi connectivity index (χ1v) is 6.74. The summed E-state index contributed by atoms with van der Waals surface area (Å²) < 4.78 is 7.80. The second-order valence-electron chi connectivity index (χ2n) is 4.18. The average molecular weight is 320 g/mol. The van der Waals surface area contributed by atoms with Gasteiger partial charge in [0, 0.05) is 36.5 Å². The van der Waals surface area contributed by atoms with E-state index in [-0.39, 0.29) is 0 Å². The highest BCUT2D eigenvalue weighted by atomic mass is 79.9. The van der Waals surface area contributed by atoms with Crippen molar-refractivity contribution in [2.75, 3.05) is 13.7 Å². The van der Waals surface area contributed by atoms with Crippen LogP contribution in [0.15, 0.2) is 35.1 Å². The Hall–Kier alpha value is -1.64. The maximum atomic E-state index is 8.98. The molecule has 5 heteroatoms. The van der Waals surface area contributed by atoms with E-state index in [2.05, 4.69) is 27.1 Å². The van der Waals surface area contributed by atoms with Crippen LogP contribution >= 0.6 is 15.9 Å². The van der Waals surface area contributed by atoms with Crippen LogP contribution in [0, 0.1) is 11.3 Å². The van der Waals surface area contributed by atoms with Crippen molar-refractivity contribution in [3.8, 4) is 17.2 Å². The molecule has 0 N–H and O–H groups in total. The van der Waals surface area contributed by atoms with Crippen LogP contribution in [0.4, 0.5) is 0 Å². The van der Waals surface area contributed by atoms with Crippen LogP contribution < -0.4 is 0 Å². The molecular formula is C14H14BrN3O. The topological polar surface area (TPSA) is 50.8 Å². The molecule has 0 saturated heterocycles. The van der Waals surface area contributed by atoms with E-state index < -0.39 is 0 Å². The summed E-state index contributed by atoms with van der Waals surface area (Å²) in [4.78, 5) is 0. The monoisotopic (exact) mass is 319 g/mol. The molecule has 0 radical (unpaired) electrons. The van der Waals surface area contributed by atoms with Crippen LogP contribution in [0.25, 0.3) is 11.1 Å². The number of ether oxygens (including phenoxy) is 1. The summed E-state index contributed by atoms with van der Waals surface area (Å²) in [5.74, 6) is 0. The lowest BCUT2D eigenvalue weighted by Crippen LogP contribution is -2.01. The highest BCUT2D eigenvalue weighted by Gasteiger charge is 2.05. The maximum absolute atomic E-state index is 8.98. The molecule has 0 bridgehead atoms. The predicted octanol–water partition coefficient (Wildman–Crippen LogP) is 3.22. The smallest absolute Gasteiger partial charge is 0.0992 e. The summed E-state index contributed by atoms with van der Waals surface area (Å²) >= 11 is 3.41. The molecule has 0 fully saturated rings. The Bertz CT molecular complexity index is 601. The number of aryl methyl sites for hydroxylation is 1. The van der Waals surface area contributed by atoms with E-state index in [1.165, 1.54) is 0 Å². The standard InChI is InChI=1S/C14H14BrN3O/c1-19-4-2-3-18-10-13(9-17-18)12-5-11(8-16)6-14(15)7-12/h5-7,9-10H,2-4H2,1H3. The molecule has 2 aromatic rings. The molecule has 1 aromatic heterocycles. The molecule has 0 aliphatic heterocycles. The molecule has 98 valence electrons. The molecule has 4 nitrogen and oxygen atoms in total. The van der Waals surface area contributed by atoms with Gasteiger partial charge in [-0.05, 0) is 30.2 Å². The summed E-state index contributed by atoms with van der Waals surface area (Å²) in [6.07, 6.45) is 4.73. The summed E-state index contributed by atoms with van der Waals surface area (Å²) in [7, 11) is 1.69. The van der Waals surface area contributed by atoms with E-state index in [4.69, 9.17) is 10.00 Å². The highest BCUT2D eigenvalue weighted by molar-refractivity contribution is 9.10. The van der Waals surface area contributed by atoms with Gasteiger partial charge in [-0.3, -0.25) is 4.68 Å². The summed E-state index contributed by atoms with van der Waals surface area (Å²) in [6, 6.07) is 7.80. The molecule has 0 amide bonds. The van der Waals surface area contributed by atoms with Gasteiger partial charge >= 0.3 is 0 Å². The van der Waals surface area contributed by atoms with Crippen molar-refractivity contribution in [1.29, 1.82) is 5.26 Å². The van der Waals surface area contributed by atoms with E-state index in [1.54, 1.807) is 13.2 Å². The Balaban J connectivity index is 2.18. The van der Waals surface area contributed by atoms with E-state index in [0.717, 1.165) is 35.2 Å². The molecule has 1 heterocycles. The molecule has 0 spiro atoms. The normalized spacial score (nSPS) is 10.4. The first-order chi connectivity index (χ1) is 9.22. The summed E-state index contributed by atoms with van der Waals surface area (Å²) in [6.45, 7) is 1.55. The number of methoxy groups -OCH3 is 1. The van der Waals surface area contributed by atoms with Crippen LogP contribution in [-0.2, 0) is 11.3 Å². The zero-order valence-corrected chi connectivity index (χ0v) is 12.2. The van der Waals surface area contributed by atoms with Gasteiger partial charge in [0.05, 0.1) is 17.8 Å². The van der Waals surface area contributed by atoms with Crippen molar-refractivity contribution in [1.82, 2.24) is 9.78 Å². The molecule has 19 heavy (non-hydrogen) atoms. The number of hydrogen-bond donors (Lipinski definition) is 0. The second-order valence-corrected chi connectivity index (χ2v) is 5.09. The van der Waals surface area contributed by atoms with Crippen molar-refractivity contribution in [3.63, 3.8) is 0 Å². The van der Waals surface area contributed by atoms with Gasteiger partial charge in [-0.15, -0.1) is 0 Å². The number of rotatable bonds is 5. The number of nitrogens with zero attached hydrogens (tertiary/aromatic N) is 3. The molecule has 1 aromatic carbocycles. The van der Waals surface area contributed by atoms with Gasteiger partial charge < -0.3 is 4.74 Å². The quantitative estimate of drug-likeness (QED) is 0.795. The van der Waals surface area contributed by atoms with Gasteiger partial charge in [-0.2, -0.15) is 10.4 Å². The van der Waals surface area contributed by atoms with Crippen molar-refractivity contribution < 1.29 is 4.74 Å². The van der Waals surface area contributed by atoms with Gasteiger partial charge in [0.25, 0.3) is 0 Å². The molecule has 0 aliphatic carbocycles. The van der Waals surface area contributed by atoms with Gasteiger partial charge in [0.15, 0.2) is 0 Å². The lowest BCUT2D eigenvalue weighted by atomic mass is 10.1. The predicted molar refractivity (Wildman–Crippen MR) is 76.6 cm³/mol. The van der Waals surface area contributed by atoms with Gasteiger partial charge in [-0.25, -0.2) is 0 Å². The van der Waals surface area contributed by atoms with Crippen LogP contribution in [0.1, 0.15) is 12.0 Å². The SMILES string of the molecule is COCCCn1cc(-c2cc(Br)cc(C#N)c2)cn1. The van der Waals surface area contributed by atoms with Crippen LogP contribution in [0.5, 0.6) is 0 Å². The summed E-state index contributed by atoms with van der Waals surface area (Å²) in [5.41, 5.74) is 2.63. The van der Waals surface area contributed by atoms with Gasteiger partial charge in [0.2, 0.25) is 0 Å². The lowest BCUT2D eigenvalue weighted by Gasteiger charge is -2.01. The third-order valence-corrected chi connectivity index (χ3v) is 3.19. The van der Waals surface area contributed by atoms with Crippen molar-refractivity contribution >= 4 is 15.9 Å². The molecule has 0 atom stereocenters. The van der Waals surface area contributed by atoms with Gasteiger partial charge in [0.1, 0.15) is 0 Å². The molecule has 0 unspecified atom stereocenters. The van der Waals surface area contributed by atoms with E-state index >= 15 is 0 Å². The van der Waals surface area contributed by atoms with Crippen molar-refractivity contribution in [3.05, 3.63) is 40.6 Å². The largest absolute Gasteiger partial charge is 0.385 e. The fourth-order valence-corrected chi connectivity index (χ4v) is 2.32. The van der Waals surface area contributed by atoms with Crippen molar-refractivity contribution in [2.45, 2.75) is 13.0 Å². The Morgan fingerprint density at radius 1 is 1.37 bits per heavy atom. The second kappa shape index (κ2) is 6.50. The Morgan fingerprint density at radius 2 is 2.21 bits per heavy atom. The molecule has 2 rings (SSSR count). The van der Waals surface area contributed by atoms with E-state index in [1.807, 2.05) is 29.2 Å². The van der Waals surface area contributed by atoms with Crippen LogP contribution in [-0.4, -0.2) is 23.5 Å². The fraction of sp³-hybridized carbons (Fsp3) is 0.286. The number of halogens is 1. The Morgan fingerprint density at radius 3 is 2.95 bits per heavy atom. The third-order valence-electron chi connectivity index (χ3n) is 2.73. The Labute approximate surface area is 120 Å². The minimum absolute atomic E-state index is 0.636. The van der Waals surface area contributed by atoms with Crippen LogP contribution in [0.3, 0.4) is 0 Å². The number of hydrogen-bond acceptors (Lipinski definition) is 3. The zero-order valence-electron chi connectivity index (χ0n) is 10.6. The average Bonchev–Trinajstić information content (AvgIpc) is 2.87. The number of benzene rings is 1. The third kappa shape index (κ3) is 3.66. The first-order valence-electron chi connectivity index (χ1n) is 5.95. The first kappa shape index (κ1) is 13.8. The molecular weight excluding hydrogens is 306 g/mol. The minimum Gasteiger partial charge on any atom is -0.385 e. The summed E-state index contributed by atoms with van der Waals surface area (Å²) in [5, 5.41) is 13.3. The minimum atomic E-state index is 0.636. The molecule has 0 saturated carbocycles. The molecule has 0 aliphatic rings. The van der Waals surface area contributed by atoms with E-state index in [9.17, 15) is 0 Å². The zero-order chi connectivity index (χ0) is 13.7. The van der Waals surface area contributed by atoms with E-state index in [0.29, 0.717) is 5.56 Å². The van der Waals surface area contributed by atoms with Crippen LogP contribution in [0.2, 0.25) is 0 Å². The highest BCUT2D eigenvalue weighted by Crippen LogP contribution is 2.24. The van der Waals surface area contributed by atoms with Gasteiger partial charge in [-0.1, -0.05) is 15.9 Å². The number of nitriles is 1.